The Balaban J connectivity index is 3.45. The van der Waals surface area contributed by atoms with Gasteiger partial charge in [0.15, 0.2) is 0 Å². The molecule has 0 aliphatic carbocycles. The van der Waals surface area contributed by atoms with Gasteiger partial charge >= 0.3 is 5.97 Å². The van der Waals surface area contributed by atoms with E-state index in [1.165, 1.54) is 0 Å². The molecule has 5 heteroatoms. The summed E-state index contributed by atoms with van der Waals surface area (Å²) in [6, 6.07) is -0.459. The number of carboxylic acids is 1. The normalized spacial score (nSPS) is 12.5. The van der Waals surface area contributed by atoms with Gasteiger partial charge in [-0.3, -0.25) is 9.59 Å². The van der Waals surface area contributed by atoms with Gasteiger partial charge in [-0.1, -0.05) is 20.3 Å². The molecule has 5 nitrogen and oxygen atoms in total. The predicted octanol–water partition coefficient (Wildman–Crippen LogP) is 0.731. The topological polar surface area (TPSA) is 92.4 Å². The van der Waals surface area contributed by atoms with Crippen molar-refractivity contribution in [3.8, 4) is 0 Å². The second kappa shape index (κ2) is 8.10. The molecule has 0 saturated heterocycles. The third kappa shape index (κ3) is 7.23. The van der Waals surface area contributed by atoms with E-state index < -0.39 is 12.0 Å². The third-order valence-electron chi connectivity index (χ3n) is 2.39. The van der Waals surface area contributed by atoms with E-state index in [0.717, 1.165) is 12.8 Å². The monoisotopic (exact) mass is 230 g/mol. The molecule has 94 valence electrons. The fourth-order valence-electron chi connectivity index (χ4n) is 1.21. The molecule has 0 radical (unpaired) electrons. The Morgan fingerprint density at radius 3 is 2.38 bits per heavy atom. The largest absolute Gasteiger partial charge is 0.481 e. The predicted molar refractivity (Wildman–Crippen MR) is 61.9 cm³/mol. The van der Waals surface area contributed by atoms with Crippen LogP contribution in [0.4, 0.5) is 0 Å². The molecule has 1 atom stereocenters. The molecule has 0 saturated carbocycles. The van der Waals surface area contributed by atoms with Crippen molar-refractivity contribution < 1.29 is 14.7 Å². The van der Waals surface area contributed by atoms with E-state index in [1.54, 1.807) is 0 Å². The highest BCUT2D eigenvalue weighted by atomic mass is 16.4. The Kier molecular flexibility index (Phi) is 7.54. The van der Waals surface area contributed by atoms with Crippen molar-refractivity contribution in [1.82, 2.24) is 5.32 Å². The Hall–Kier alpha value is -1.10. The number of hydrogen-bond acceptors (Lipinski definition) is 3. The average Bonchev–Trinajstić information content (AvgIpc) is 2.21. The molecule has 0 rings (SSSR count). The van der Waals surface area contributed by atoms with Crippen molar-refractivity contribution in [2.75, 3.05) is 6.54 Å². The summed E-state index contributed by atoms with van der Waals surface area (Å²) in [7, 11) is 0. The molecular weight excluding hydrogens is 208 g/mol. The van der Waals surface area contributed by atoms with Gasteiger partial charge < -0.3 is 16.2 Å². The van der Waals surface area contributed by atoms with E-state index >= 15 is 0 Å². The molecule has 0 aliphatic heterocycles. The summed E-state index contributed by atoms with van der Waals surface area (Å²) >= 11 is 0. The summed E-state index contributed by atoms with van der Waals surface area (Å²) in [5.41, 5.74) is 5.65. The number of hydrogen-bond donors (Lipinski definition) is 3. The number of nitrogens with one attached hydrogen (secondary N) is 1. The van der Waals surface area contributed by atoms with E-state index in [1.807, 2.05) is 13.8 Å². The molecule has 0 aromatic rings. The van der Waals surface area contributed by atoms with Crippen LogP contribution in [0.3, 0.4) is 0 Å². The highest BCUT2D eigenvalue weighted by Gasteiger charge is 2.15. The van der Waals surface area contributed by atoms with Gasteiger partial charge in [-0.05, 0) is 18.8 Å². The zero-order valence-electron chi connectivity index (χ0n) is 10.0. The molecule has 0 unspecified atom stereocenters. The quantitative estimate of drug-likeness (QED) is 0.536. The van der Waals surface area contributed by atoms with Crippen molar-refractivity contribution in [3.05, 3.63) is 0 Å². The van der Waals surface area contributed by atoms with Crippen LogP contribution in [0.15, 0.2) is 0 Å². The van der Waals surface area contributed by atoms with Gasteiger partial charge in [-0.2, -0.15) is 0 Å². The molecular formula is C11H22N2O3. The van der Waals surface area contributed by atoms with Gasteiger partial charge in [0.05, 0.1) is 6.04 Å². The van der Waals surface area contributed by atoms with Crippen LogP contribution >= 0.6 is 0 Å². The van der Waals surface area contributed by atoms with Crippen molar-refractivity contribution in [1.29, 1.82) is 0 Å². The summed E-state index contributed by atoms with van der Waals surface area (Å²) in [6.45, 7) is 4.37. The van der Waals surface area contributed by atoms with Crippen molar-refractivity contribution in [2.45, 2.75) is 45.6 Å². The van der Waals surface area contributed by atoms with Gasteiger partial charge in [-0.25, -0.2) is 0 Å². The lowest BCUT2D eigenvalue weighted by molar-refractivity contribution is -0.137. The maximum atomic E-state index is 11.4. The molecule has 16 heavy (non-hydrogen) atoms. The smallest absolute Gasteiger partial charge is 0.303 e. The number of unbranched alkanes of at least 4 members (excludes halogenated alkanes) is 2. The molecule has 0 bridgehead atoms. The lowest BCUT2D eigenvalue weighted by atomic mass is 10.1. The Morgan fingerprint density at radius 1 is 1.25 bits per heavy atom. The first-order valence-electron chi connectivity index (χ1n) is 5.70. The standard InChI is InChI=1S/C11H22N2O3/c1-8(2)10(12)11(16)13-7-5-3-4-6-9(14)15/h8,10H,3-7,12H2,1-2H3,(H,13,16)(H,14,15)/t10-/m1/s1. The zero-order chi connectivity index (χ0) is 12.6. The van der Waals surface area contributed by atoms with Crippen molar-refractivity contribution in [3.63, 3.8) is 0 Å². The van der Waals surface area contributed by atoms with Crippen LogP contribution in [-0.2, 0) is 9.59 Å². The maximum absolute atomic E-state index is 11.4. The van der Waals surface area contributed by atoms with Gasteiger partial charge in [0.25, 0.3) is 0 Å². The number of aliphatic carboxylic acids is 1. The van der Waals surface area contributed by atoms with Crippen LogP contribution in [0.5, 0.6) is 0 Å². The highest BCUT2D eigenvalue weighted by Crippen LogP contribution is 2.00. The maximum Gasteiger partial charge on any atom is 0.303 e. The fraction of sp³-hybridized carbons (Fsp3) is 0.818. The first-order chi connectivity index (χ1) is 7.45. The lowest BCUT2D eigenvalue weighted by Gasteiger charge is -2.15. The summed E-state index contributed by atoms with van der Waals surface area (Å²) in [5, 5.41) is 11.1. The van der Waals surface area contributed by atoms with Gasteiger partial charge in [0.2, 0.25) is 5.91 Å². The van der Waals surface area contributed by atoms with Crippen molar-refractivity contribution >= 4 is 11.9 Å². The van der Waals surface area contributed by atoms with Gasteiger partial charge in [0, 0.05) is 13.0 Å². The van der Waals surface area contributed by atoms with Crippen LogP contribution in [-0.4, -0.2) is 29.6 Å². The van der Waals surface area contributed by atoms with E-state index in [4.69, 9.17) is 10.8 Å². The second-order valence-corrected chi connectivity index (χ2v) is 4.27. The minimum absolute atomic E-state index is 0.131. The molecule has 0 heterocycles. The molecule has 4 N–H and O–H groups in total. The summed E-state index contributed by atoms with van der Waals surface area (Å²) < 4.78 is 0. The SMILES string of the molecule is CC(C)[C@@H](N)C(=O)NCCCCCC(=O)O. The second-order valence-electron chi connectivity index (χ2n) is 4.27. The van der Waals surface area contributed by atoms with Gasteiger partial charge in [0.1, 0.15) is 0 Å². The minimum atomic E-state index is -0.772. The molecule has 0 fully saturated rings. The molecule has 0 aromatic heterocycles. The number of rotatable bonds is 8. The van der Waals surface area contributed by atoms with E-state index in [2.05, 4.69) is 5.32 Å². The van der Waals surface area contributed by atoms with E-state index in [9.17, 15) is 9.59 Å². The number of amides is 1. The Labute approximate surface area is 96.4 Å². The Bertz CT molecular complexity index is 229. The van der Waals surface area contributed by atoms with Crippen molar-refractivity contribution in [2.24, 2.45) is 11.7 Å². The summed E-state index contributed by atoms with van der Waals surface area (Å²) in [4.78, 5) is 21.6. The molecule has 0 aliphatic rings. The van der Waals surface area contributed by atoms with Crippen LogP contribution < -0.4 is 11.1 Å². The minimum Gasteiger partial charge on any atom is -0.481 e. The molecule has 0 spiro atoms. The number of carbonyl (C=O) groups is 2. The Morgan fingerprint density at radius 2 is 1.88 bits per heavy atom. The van der Waals surface area contributed by atoms with E-state index in [0.29, 0.717) is 13.0 Å². The van der Waals surface area contributed by atoms with E-state index in [-0.39, 0.29) is 18.2 Å². The molecule has 1 amide bonds. The van der Waals surface area contributed by atoms with Crippen LogP contribution in [0.1, 0.15) is 39.5 Å². The average molecular weight is 230 g/mol. The third-order valence-corrected chi connectivity index (χ3v) is 2.39. The number of carbonyl (C=O) groups excluding carboxylic acids is 1. The summed E-state index contributed by atoms with van der Waals surface area (Å²) in [5.74, 6) is -0.772. The van der Waals surface area contributed by atoms with Gasteiger partial charge in [-0.15, -0.1) is 0 Å². The zero-order valence-corrected chi connectivity index (χ0v) is 10.0. The van der Waals surface area contributed by atoms with Crippen LogP contribution in [0.2, 0.25) is 0 Å². The van der Waals surface area contributed by atoms with Crippen LogP contribution in [0, 0.1) is 5.92 Å². The number of nitrogens with two attached hydrogens (primary N) is 1. The first kappa shape index (κ1) is 14.9. The van der Waals surface area contributed by atoms with Crippen LogP contribution in [0.25, 0.3) is 0 Å². The first-order valence-corrected chi connectivity index (χ1v) is 5.70. The number of carboxylic acid groups (broad SMARTS) is 1. The highest BCUT2D eigenvalue weighted by molar-refractivity contribution is 5.81. The summed E-state index contributed by atoms with van der Waals surface area (Å²) in [6.07, 6.45) is 2.45. The lowest BCUT2D eigenvalue weighted by Crippen LogP contribution is -2.44. The molecule has 0 aromatic carbocycles. The fourth-order valence-corrected chi connectivity index (χ4v) is 1.21.